The van der Waals surface area contributed by atoms with E-state index in [4.69, 9.17) is 14.9 Å². The van der Waals surface area contributed by atoms with E-state index in [1.807, 2.05) is 0 Å². The van der Waals surface area contributed by atoms with Crippen LogP contribution in [0, 0.1) is 5.82 Å². The summed E-state index contributed by atoms with van der Waals surface area (Å²) in [5.41, 5.74) is 6.87. The lowest BCUT2D eigenvalue weighted by Gasteiger charge is -2.04. The third-order valence-electron chi connectivity index (χ3n) is 3.17. The second-order valence-corrected chi connectivity index (χ2v) is 4.83. The van der Waals surface area contributed by atoms with E-state index in [9.17, 15) is 9.18 Å². The molecule has 2 aromatic carbocycles. The van der Waals surface area contributed by atoms with Crippen molar-refractivity contribution in [2.75, 3.05) is 0 Å². The van der Waals surface area contributed by atoms with Crippen LogP contribution in [-0.2, 0) is 6.61 Å². The number of benzene rings is 2. The van der Waals surface area contributed by atoms with Crippen LogP contribution in [0.2, 0.25) is 0 Å². The van der Waals surface area contributed by atoms with E-state index in [-0.39, 0.29) is 12.4 Å². The molecule has 1 heterocycles. The number of hydrogen-bond acceptors (Lipinski definition) is 4. The molecule has 0 unspecified atom stereocenters. The average molecular weight is 312 g/mol. The van der Waals surface area contributed by atoms with Crippen LogP contribution >= 0.6 is 0 Å². The van der Waals surface area contributed by atoms with Crippen LogP contribution in [0.5, 0.6) is 5.75 Å². The minimum absolute atomic E-state index is 0.209. The van der Waals surface area contributed by atoms with Crippen molar-refractivity contribution in [2.24, 2.45) is 5.73 Å². The minimum atomic E-state index is -0.489. The van der Waals surface area contributed by atoms with Gasteiger partial charge in [-0.05, 0) is 48.5 Å². The molecule has 0 spiro atoms. The molecule has 3 aromatic rings. The van der Waals surface area contributed by atoms with E-state index >= 15 is 0 Å². The third kappa shape index (κ3) is 3.55. The van der Waals surface area contributed by atoms with Gasteiger partial charge in [-0.25, -0.2) is 9.37 Å². The smallest absolute Gasteiger partial charge is 0.248 e. The van der Waals surface area contributed by atoms with Crippen molar-refractivity contribution in [3.05, 3.63) is 71.9 Å². The summed E-state index contributed by atoms with van der Waals surface area (Å²) in [6.45, 7) is 0.209. The van der Waals surface area contributed by atoms with Crippen molar-refractivity contribution < 1.29 is 18.3 Å². The van der Waals surface area contributed by atoms with Crippen LogP contribution in [0.4, 0.5) is 4.39 Å². The van der Waals surface area contributed by atoms with E-state index in [0.29, 0.717) is 28.5 Å². The van der Waals surface area contributed by atoms with Crippen molar-refractivity contribution in [3.63, 3.8) is 0 Å². The second-order valence-electron chi connectivity index (χ2n) is 4.83. The Hall–Kier alpha value is -3.15. The monoisotopic (exact) mass is 312 g/mol. The van der Waals surface area contributed by atoms with Gasteiger partial charge in [-0.1, -0.05) is 0 Å². The molecule has 0 aliphatic carbocycles. The maximum Gasteiger partial charge on any atom is 0.248 e. The summed E-state index contributed by atoms with van der Waals surface area (Å²) in [4.78, 5) is 15.3. The van der Waals surface area contributed by atoms with Gasteiger partial charge < -0.3 is 14.9 Å². The third-order valence-corrected chi connectivity index (χ3v) is 3.17. The van der Waals surface area contributed by atoms with Crippen LogP contribution in [0.3, 0.4) is 0 Å². The lowest BCUT2D eigenvalue weighted by molar-refractivity contribution is 0.1000. The topological polar surface area (TPSA) is 78.4 Å². The van der Waals surface area contributed by atoms with Crippen molar-refractivity contribution >= 4 is 5.91 Å². The summed E-state index contributed by atoms with van der Waals surface area (Å²) in [7, 11) is 0. The molecule has 5 nitrogen and oxygen atoms in total. The van der Waals surface area contributed by atoms with Crippen LogP contribution in [0.1, 0.15) is 16.1 Å². The number of ether oxygens (including phenoxy) is 1. The molecule has 6 heteroatoms. The molecule has 0 bridgehead atoms. The number of hydrogen-bond donors (Lipinski definition) is 1. The predicted molar refractivity (Wildman–Crippen MR) is 81.2 cm³/mol. The number of primary amides is 1. The van der Waals surface area contributed by atoms with Gasteiger partial charge in [-0.15, -0.1) is 0 Å². The first kappa shape index (κ1) is 14.8. The summed E-state index contributed by atoms with van der Waals surface area (Å²) < 4.78 is 23.8. The minimum Gasteiger partial charge on any atom is -0.487 e. The fourth-order valence-corrected chi connectivity index (χ4v) is 1.97. The van der Waals surface area contributed by atoms with Crippen molar-refractivity contribution in [3.8, 4) is 17.2 Å². The summed E-state index contributed by atoms with van der Waals surface area (Å²) in [5.74, 6) is 0.175. The maximum atomic E-state index is 12.9. The van der Waals surface area contributed by atoms with Crippen molar-refractivity contribution in [2.45, 2.75) is 6.61 Å². The van der Waals surface area contributed by atoms with Gasteiger partial charge in [0.2, 0.25) is 11.8 Å². The molecule has 0 aliphatic heterocycles. The molecule has 23 heavy (non-hydrogen) atoms. The fraction of sp³-hybridized carbons (Fsp3) is 0.0588. The number of rotatable bonds is 5. The zero-order chi connectivity index (χ0) is 16.2. The highest BCUT2D eigenvalue weighted by atomic mass is 19.1. The Bertz CT molecular complexity index is 811. The zero-order valence-corrected chi connectivity index (χ0v) is 12.0. The number of oxazole rings is 1. The second kappa shape index (κ2) is 6.31. The number of carbonyl (C=O) groups excluding carboxylic acids is 1. The number of aromatic nitrogens is 1. The van der Waals surface area contributed by atoms with Gasteiger partial charge >= 0.3 is 0 Å². The fourth-order valence-electron chi connectivity index (χ4n) is 1.97. The van der Waals surface area contributed by atoms with Crippen molar-refractivity contribution in [1.82, 2.24) is 4.98 Å². The molecule has 1 aromatic heterocycles. The van der Waals surface area contributed by atoms with Gasteiger partial charge in [-0.3, -0.25) is 4.79 Å². The van der Waals surface area contributed by atoms with Gasteiger partial charge in [0.1, 0.15) is 30.1 Å². The van der Waals surface area contributed by atoms with E-state index in [2.05, 4.69) is 4.98 Å². The molecular formula is C17H13FN2O3. The lowest BCUT2D eigenvalue weighted by atomic mass is 10.2. The Morgan fingerprint density at radius 1 is 1.13 bits per heavy atom. The van der Waals surface area contributed by atoms with Crippen molar-refractivity contribution in [1.29, 1.82) is 0 Å². The first-order valence-electron chi connectivity index (χ1n) is 6.85. The highest BCUT2D eigenvalue weighted by Crippen LogP contribution is 2.20. The normalized spacial score (nSPS) is 10.5. The first-order valence-corrected chi connectivity index (χ1v) is 6.85. The molecule has 116 valence electrons. The van der Waals surface area contributed by atoms with Crippen LogP contribution in [0.15, 0.2) is 59.2 Å². The van der Waals surface area contributed by atoms with E-state index in [1.165, 1.54) is 18.4 Å². The number of nitrogens with zero attached hydrogens (tertiary/aromatic N) is 1. The first-order chi connectivity index (χ1) is 11.1. The molecule has 2 N–H and O–H groups in total. The summed E-state index contributed by atoms with van der Waals surface area (Å²) in [6.07, 6.45) is 1.48. The molecular weight excluding hydrogens is 299 g/mol. The standard InChI is InChI=1S/C17H13FN2O3/c18-13-5-1-12(2-6-13)17-20-14(10-23-17)9-22-15-7-3-11(4-8-15)16(19)21/h1-8,10H,9H2,(H2,19,21). The van der Waals surface area contributed by atoms with E-state index < -0.39 is 5.91 Å². The average Bonchev–Trinajstić information content (AvgIpc) is 3.03. The quantitative estimate of drug-likeness (QED) is 0.785. The van der Waals surface area contributed by atoms with Gasteiger partial charge in [0.25, 0.3) is 0 Å². The molecule has 0 saturated carbocycles. The van der Waals surface area contributed by atoms with Crippen LogP contribution in [0.25, 0.3) is 11.5 Å². The van der Waals surface area contributed by atoms with Gasteiger partial charge in [0, 0.05) is 11.1 Å². The number of nitrogens with two attached hydrogens (primary N) is 1. The summed E-state index contributed by atoms with van der Waals surface area (Å²) >= 11 is 0. The van der Waals surface area contributed by atoms with Gasteiger partial charge in [0.15, 0.2) is 0 Å². The summed E-state index contributed by atoms with van der Waals surface area (Å²) in [5, 5.41) is 0. The molecule has 0 aliphatic rings. The molecule has 0 fully saturated rings. The number of carbonyl (C=O) groups is 1. The Balaban J connectivity index is 1.65. The lowest BCUT2D eigenvalue weighted by Crippen LogP contribution is -2.10. The molecule has 3 rings (SSSR count). The van der Waals surface area contributed by atoms with E-state index in [1.54, 1.807) is 36.4 Å². The zero-order valence-electron chi connectivity index (χ0n) is 12.0. The Labute approximate surface area is 131 Å². The SMILES string of the molecule is NC(=O)c1ccc(OCc2coc(-c3ccc(F)cc3)n2)cc1. The highest BCUT2D eigenvalue weighted by Gasteiger charge is 2.08. The molecule has 0 atom stereocenters. The largest absolute Gasteiger partial charge is 0.487 e. The Morgan fingerprint density at radius 2 is 1.83 bits per heavy atom. The van der Waals surface area contributed by atoms with Gasteiger partial charge in [0.05, 0.1) is 0 Å². The predicted octanol–water partition coefficient (Wildman–Crippen LogP) is 3.16. The van der Waals surface area contributed by atoms with Gasteiger partial charge in [-0.2, -0.15) is 0 Å². The van der Waals surface area contributed by atoms with E-state index in [0.717, 1.165) is 0 Å². The number of amides is 1. The molecule has 1 amide bonds. The molecule has 0 saturated heterocycles. The van der Waals surface area contributed by atoms with Crippen LogP contribution in [-0.4, -0.2) is 10.9 Å². The summed E-state index contributed by atoms with van der Waals surface area (Å²) in [6, 6.07) is 12.4. The highest BCUT2D eigenvalue weighted by molar-refractivity contribution is 5.92. The molecule has 0 radical (unpaired) electrons. The Morgan fingerprint density at radius 3 is 2.48 bits per heavy atom. The Kier molecular flexibility index (Phi) is 4.05. The number of halogens is 1. The maximum absolute atomic E-state index is 12.9. The van der Waals surface area contributed by atoms with Crippen LogP contribution < -0.4 is 10.5 Å².